The average Bonchev–Trinajstić information content (AvgIpc) is 3.26. The number of benzene rings is 1. The van der Waals surface area contributed by atoms with E-state index in [2.05, 4.69) is 20.7 Å². The molecule has 10 heteroatoms. The summed E-state index contributed by atoms with van der Waals surface area (Å²) in [4.78, 5) is 41.7. The number of nitrogens with zero attached hydrogens (tertiary/aromatic N) is 4. The molecule has 9 nitrogen and oxygen atoms in total. The minimum absolute atomic E-state index is 0.144. The second-order valence-electron chi connectivity index (χ2n) is 8.51. The third-order valence-corrected chi connectivity index (χ3v) is 5.99. The lowest BCUT2D eigenvalue weighted by Gasteiger charge is -2.20. The van der Waals surface area contributed by atoms with Gasteiger partial charge < -0.3 is 10.6 Å². The Morgan fingerprint density at radius 2 is 1.94 bits per heavy atom. The van der Waals surface area contributed by atoms with Crippen molar-refractivity contribution >= 4 is 46.0 Å². The highest BCUT2D eigenvalue weighted by atomic mass is 32.2. The van der Waals surface area contributed by atoms with E-state index in [9.17, 15) is 14.4 Å². The van der Waals surface area contributed by atoms with E-state index in [-0.39, 0.29) is 35.4 Å². The van der Waals surface area contributed by atoms with E-state index in [4.69, 9.17) is 0 Å². The Kier molecular flexibility index (Phi) is 5.34. The maximum Gasteiger partial charge on any atom is 0.265 e. The van der Waals surface area contributed by atoms with Crippen LogP contribution < -0.4 is 16.2 Å². The first-order valence-electron chi connectivity index (χ1n) is 9.94. The van der Waals surface area contributed by atoms with Crippen LogP contribution in [0.4, 0.5) is 11.4 Å². The van der Waals surface area contributed by atoms with E-state index < -0.39 is 0 Å². The van der Waals surface area contributed by atoms with E-state index in [1.807, 2.05) is 20.8 Å². The minimum atomic E-state index is -0.297. The predicted octanol–water partition coefficient (Wildman–Crippen LogP) is 2.98. The van der Waals surface area contributed by atoms with Gasteiger partial charge in [-0.3, -0.25) is 19.0 Å². The van der Waals surface area contributed by atoms with Gasteiger partial charge in [0.05, 0.1) is 17.8 Å². The van der Waals surface area contributed by atoms with Crippen molar-refractivity contribution < 1.29 is 9.59 Å². The van der Waals surface area contributed by atoms with Gasteiger partial charge in [0.1, 0.15) is 5.39 Å². The van der Waals surface area contributed by atoms with E-state index in [0.29, 0.717) is 33.3 Å². The van der Waals surface area contributed by atoms with Gasteiger partial charge in [-0.25, -0.2) is 9.67 Å². The van der Waals surface area contributed by atoms with Gasteiger partial charge in [0, 0.05) is 30.5 Å². The van der Waals surface area contributed by atoms with Crippen LogP contribution in [-0.2, 0) is 15.1 Å². The summed E-state index contributed by atoms with van der Waals surface area (Å²) < 4.78 is 3.36. The van der Waals surface area contributed by atoms with Crippen LogP contribution >= 0.6 is 11.8 Å². The molecule has 1 aromatic carbocycles. The Morgan fingerprint density at radius 1 is 1.23 bits per heavy atom. The maximum atomic E-state index is 13.1. The van der Waals surface area contributed by atoms with Crippen molar-refractivity contribution in [3.05, 3.63) is 40.8 Å². The summed E-state index contributed by atoms with van der Waals surface area (Å²) >= 11 is 1.47. The molecule has 2 amide bonds. The number of amides is 2. The molecular formula is C21H24N6O3S. The highest BCUT2D eigenvalue weighted by Gasteiger charge is 2.30. The Labute approximate surface area is 183 Å². The molecule has 0 saturated carbocycles. The van der Waals surface area contributed by atoms with E-state index in [0.717, 1.165) is 0 Å². The number of carbonyl (C=O) groups is 2. The zero-order valence-electron chi connectivity index (χ0n) is 17.8. The molecular weight excluding hydrogens is 416 g/mol. The second-order valence-corrected chi connectivity index (χ2v) is 9.50. The first-order chi connectivity index (χ1) is 14.6. The fourth-order valence-corrected chi connectivity index (χ4v) is 4.71. The molecule has 3 heterocycles. The number of anilines is 2. The molecule has 2 N–H and O–H groups in total. The van der Waals surface area contributed by atoms with Crippen molar-refractivity contribution in [2.45, 2.75) is 50.9 Å². The normalized spacial score (nSPS) is 15.7. The lowest BCUT2D eigenvalue weighted by molar-refractivity contribution is -0.117. The molecule has 3 aromatic rings. The molecule has 0 bridgehead atoms. The maximum absolute atomic E-state index is 13.1. The van der Waals surface area contributed by atoms with Gasteiger partial charge in [0.2, 0.25) is 11.8 Å². The van der Waals surface area contributed by atoms with Crippen molar-refractivity contribution in [1.82, 2.24) is 19.3 Å². The molecule has 162 valence electrons. The molecule has 0 fully saturated rings. The van der Waals surface area contributed by atoms with Crippen LogP contribution in [0.3, 0.4) is 0 Å². The molecule has 1 aliphatic heterocycles. The summed E-state index contributed by atoms with van der Waals surface area (Å²) in [6, 6.07) is 6.64. The van der Waals surface area contributed by atoms with Crippen molar-refractivity contribution in [3.8, 4) is 0 Å². The van der Waals surface area contributed by atoms with Gasteiger partial charge in [-0.1, -0.05) is 17.8 Å². The van der Waals surface area contributed by atoms with E-state index in [1.165, 1.54) is 18.7 Å². The van der Waals surface area contributed by atoms with Gasteiger partial charge >= 0.3 is 0 Å². The molecule has 1 atom stereocenters. The molecule has 0 radical (unpaired) electrons. The summed E-state index contributed by atoms with van der Waals surface area (Å²) in [6.07, 6.45) is 1.70. The van der Waals surface area contributed by atoms with Gasteiger partial charge in [0.25, 0.3) is 5.56 Å². The zero-order chi connectivity index (χ0) is 22.3. The monoisotopic (exact) mass is 440 g/mol. The molecule has 4 rings (SSSR count). The standard InChI is InChI=1S/C21H24N6O3S/c1-12(28)23-13-6-5-7-14(8-13)24-17(29)9-15-11-31-20-25-18-16(19(30)26(15)20)10-22-27(18)21(2,3)4/h5-8,10,15H,9,11H2,1-4H3,(H,23,28)(H,24,29). The number of nitrogens with one attached hydrogen (secondary N) is 2. The highest BCUT2D eigenvalue weighted by molar-refractivity contribution is 7.99. The molecule has 2 aromatic heterocycles. The first kappa shape index (κ1) is 21.1. The number of hydrogen-bond donors (Lipinski definition) is 2. The summed E-state index contributed by atoms with van der Waals surface area (Å²) in [5.41, 5.74) is 1.27. The van der Waals surface area contributed by atoms with Crippen LogP contribution in [0.2, 0.25) is 0 Å². The first-order valence-corrected chi connectivity index (χ1v) is 10.9. The molecule has 1 aliphatic rings. The third-order valence-electron chi connectivity index (χ3n) is 4.89. The molecule has 0 aliphatic carbocycles. The molecule has 0 spiro atoms. The zero-order valence-corrected chi connectivity index (χ0v) is 18.6. The van der Waals surface area contributed by atoms with Gasteiger partial charge in [0.15, 0.2) is 10.8 Å². The smallest absolute Gasteiger partial charge is 0.265 e. The molecule has 1 unspecified atom stereocenters. The average molecular weight is 441 g/mol. The van der Waals surface area contributed by atoms with Crippen LogP contribution in [0.5, 0.6) is 0 Å². The van der Waals surface area contributed by atoms with E-state index in [1.54, 1.807) is 39.7 Å². The topological polar surface area (TPSA) is 111 Å². The number of hydrogen-bond acceptors (Lipinski definition) is 6. The van der Waals surface area contributed by atoms with Crippen LogP contribution in [0, 0.1) is 0 Å². The molecule has 0 saturated heterocycles. The number of carbonyl (C=O) groups excluding carboxylic acids is 2. The lowest BCUT2D eigenvalue weighted by Crippen LogP contribution is -2.29. The Bertz CT molecular complexity index is 1240. The highest BCUT2D eigenvalue weighted by Crippen LogP contribution is 2.34. The molecule has 31 heavy (non-hydrogen) atoms. The van der Waals surface area contributed by atoms with Crippen LogP contribution in [0.1, 0.15) is 40.2 Å². The fourth-order valence-electron chi connectivity index (χ4n) is 3.58. The number of rotatable bonds is 4. The van der Waals surface area contributed by atoms with Gasteiger partial charge in [-0.2, -0.15) is 5.10 Å². The van der Waals surface area contributed by atoms with Crippen LogP contribution in [0.15, 0.2) is 40.4 Å². The van der Waals surface area contributed by atoms with Crippen LogP contribution in [0.25, 0.3) is 11.0 Å². The predicted molar refractivity (Wildman–Crippen MR) is 121 cm³/mol. The summed E-state index contributed by atoms with van der Waals surface area (Å²) in [5.74, 6) is 0.198. The van der Waals surface area contributed by atoms with Crippen molar-refractivity contribution in [2.24, 2.45) is 0 Å². The van der Waals surface area contributed by atoms with Crippen molar-refractivity contribution in [2.75, 3.05) is 16.4 Å². The van der Waals surface area contributed by atoms with Gasteiger partial charge in [-0.05, 0) is 39.0 Å². The second kappa shape index (κ2) is 7.84. The number of fused-ring (bicyclic) bond motifs is 2. The van der Waals surface area contributed by atoms with Gasteiger partial charge in [-0.15, -0.1) is 0 Å². The van der Waals surface area contributed by atoms with Crippen molar-refractivity contribution in [1.29, 1.82) is 0 Å². The SMILES string of the molecule is CC(=O)Nc1cccc(NC(=O)CC2CSc3nc4c(cnn4C(C)(C)C)c(=O)n32)c1. The lowest BCUT2D eigenvalue weighted by atomic mass is 10.1. The van der Waals surface area contributed by atoms with Crippen molar-refractivity contribution in [3.63, 3.8) is 0 Å². The Hall–Kier alpha value is -3.14. The number of aromatic nitrogens is 4. The fraction of sp³-hybridized carbons (Fsp3) is 0.381. The Balaban J connectivity index is 1.55. The summed E-state index contributed by atoms with van der Waals surface area (Å²) in [7, 11) is 0. The van der Waals surface area contributed by atoms with Crippen LogP contribution in [-0.4, -0.2) is 36.9 Å². The largest absolute Gasteiger partial charge is 0.326 e. The Morgan fingerprint density at radius 3 is 2.61 bits per heavy atom. The summed E-state index contributed by atoms with van der Waals surface area (Å²) in [5, 5.41) is 10.9. The quantitative estimate of drug-likeness (QED) is 0.604. The van der Waals surface area contributed by atoms with E-state index >= 15 is 0 Å². The minimum Gasteiger partial charge on any atom is -0.326 e. The number of thioether (sulfide) groups is 1. The summed E-state index contributed by atoms with van der Waals surface area (Å²) in [6.45, 7) is 7.45. The third kappa shape index (κ3) is 4.20.